The van der Waals surface area contributed by atoms with Crippen molar-refractivity contribution in [1.82, 2.24) is 10.1 Å². The molecule has 0 saturated heterocycles. The zero-order chi connectivity index (χ0) is 19.5. The Labute approximate surface area is 163 Å². The lowest BCUT2D eigenvalue weighted by atomic mass is 10.1. The first kappa shape index (κ1) is 17.7. The van der Waals surface area contributed by atoms with Crippen LogP contribution in [0, 0.1) is 13.8 Å². The molecule has 0 aliphatic heterocycles. The van der Waals surface area contributed by atoms with Crippen LogP contribution in [0.2, 0.25) is 0 Å². The van der Waals surface area contributed by atoms with Crippen molar-refractivity contribution in [2.24, 2.45) is 0 Å². The molecule has 0 atom stereocenters. The van der Waals surface area contributed by atoms with Crippen molar-refractivity contribution in [1.29, 1.82) is 0 Å². The average Bonchev–Trinajstić information content (AvgIpc) is 3.17. The second-order valence-corrected chi connectivity index (χ2v) is 6.53. The van der Waals surface area contributed by atoms with Crippen molar-refractivity contribution in [3.05, 3.63) is 95.9 Å². The number of amides is 1. The molecule has 5 nitrogen and oxygen atoms in total. The Hall–Kier alpha value is -3.73. The molecule has 0 N–H and O–H groups in total. The van der Waals surface area contributed by atoms with Crippen molar-refractivity contribution in [2.75, 3.05) is 4.90 Å². The summed E-state index contributed by atoms with van der Waals surface area (Å²) >= 11 is 0. The molecule has 0 spiro atoms. The van der Waals surface area contributed by atoms with Gasteiger partial charge in [-0.3, -0.25) is 9.69 Å². The Morgan fingerprint density at radius 3 is 2.07 bits per heavy atom. The van der Waals surface area contributed by atoms with Crippen LogP contribution in [0.1, 0.15) is 21.8 Å². The molecule has 4 aromatic rings. The molecule has 0 radical (unpaired) electrons. The normalized spacial score (nSPS) is 10.6. The van der Waals surface area contributed by atoms with Gasteiger partial charge in [-0.2, -0.15) is 4.98 Å². The van der Waals surface area contributed by atoms with Crippen LogP contribution < -0.4 is 4.90 Å². The zero-order valence-electron chi connectivity index (χ0n) is 15.7. The SMILES string of the molecule is Cc1ccc(N(C(=O)c2ccc(-c3noc(C)n3)cc2)c2ccccc2)cc1. The molecular formula is C23H19N3O2. The highest BCUT2D eigenvalue weighted by molar-refractivity contribution is 6.11. The number of rotatable bonds is 4. The molecule has 1 heterocycles. The number of benzene rings is 3. The fourth-order valence-corrected chi connectivity index (χ4v) is 2.96. The monoisotopic (exact) mass is 369 g/mol. The highest BCUT2D eigenvalue weighted by Gasteiger charge is 2.20. The van der Waals surface area contributed by atoms with E-state index in [-0.39, 0.29) is 5.91 Å². The summed E-state index contributed by atoms with van der Waals surface area (Å²) in [5.41, 5.74) is 4.15. The Kier molecular flexibility index (Phi) is 4.72. The van der Waals surface area contributed by atoms with Gasteiger partial charge >= 0.3 is 0 Å². The minimum absolute atomic E-state index is 0.106. The third kappa shape index (κ3) is 3.55. The fraction of sp³-hybridized carbons (Fsp3) is 0.0870. The molecule has 3 aromatic carbocycles. The van der Waals surface area contributed by atoms with Gasteiger partial charge in [-0.1, -0.05) is 53.2 Å². The molecule has 28 heavy (non-hydrogen) atoms. The van der Waals surface area contributed by atoms with Crippen LogP contribution in [-0.2, 0) is 0 Å². The maximum Gasteiger partial charge on any atom is 0.262 e. The molecule has 0 saturated carbocycles. The third-order valence-electron chi connectivity index (χ3n) is 4.43. The van der Waals surface area contributed by atoms with Gasteiger partial charge in [0, 0.05) is 29.4 Å². The molecular weight excluding hydrogens is 350 g/mol. The third-order valence-corrected chi connectivity index (χ3v) is 4.43. The summed E-state index contributed by atoms with van der Waals surface area (Å²) in [6.45, 7) is 3.77. The number of carbonyl (C=O) groups is 1. The molecule has 138 valence electrons. The number of para-hydroxylation sites is 1. The first-order chi connectivity index (χ1) is 13.6. The van der Waals surface area contributed by atoms with E-state index in [1.54, 1.807) is 24.0 Å². The number of hydrogen-bond donors (Lipinski definition) is 0. The number of anilines is 2. The Balaban J connectivity index is 1.70. The van der Waals surface area contributed by atoms with E-state index in [1.807, 2.05) is 73.7 Å². The first-order valence-electron chi connectivity index (χ1n) is 8.99. The molecule has 4 rings (SSSR count). The molecule has 1 aromatic heterocycles. The van der Waals surface area contributed by atoms with Crippen LogP contribution in [0.5, 0.6) is 0 Å². The summed E-state index contributed by atoms with van der Waals surface area (Å²) in [4.78, 5) is 19.3. The van der Waals surface area contributed by atoms with Crippen molar-refractivity contribution in [3.8, 4) is 11.4 Å². The van der Waals surface area contributed by atoms with Crippen LogP contribution in [0.4, 0.5) is 11.4 Å². The number of nitrogens with zero attached hydrogens (tertiary/aromatic N) is 3. The predicted molar refractivity (Wildman–Crippen MR) is 109 cm³/mol. The Bertz CT molecular complexity index is 1080. The first-order valence-corrected chi connectivity index (χ1v) is 8.99. The molecule has 0 fully saturated rings. The summed E-state index contributed by atoms with van der Waals surface area (Å²) in [6, 6.07) is 24.8. The molecule has 5 heteroatoms. The smallest absolute Gasteiger partial charge is 0.262 e. The van der Waals surface area contributed by atoms with Gasteiger partial charge in [-0.05, 0) is 43.3 Å². The summed E-state index contributed by atoms with van der Waals surface area (Å²) in [6.07, 6.45) is 0. The van der Waals surface area contributed by atoms with E-state index in [0.29, 0.717) is 17.3 Å². The highest BCUT2D eigenvalue weighted by Crippen LogP contribution is 2.28. The van der Waals surface area contributed by atoms with E-state index in [0.717, 1.165) is 22.5 Å². The minimum Gasteiger partial charge on any atom is -0.339 e. The Morgan fingerprint density at radius 2 is 1.46 bits per heavy atom. The number of aryl methyl sites for hydroxylation is 2. The number of carbonyl (C=O) groups excluding carboxylic acids is 1. The van der Waals surface area contributed by atoms with Crippen LogP contribution >= 0.6 is 0 Å². The molecule has 0 aliphatic carbocycles. The minimum atomic E-state index is -0.106. The second-order valence-electron chi connectivity index (χ2n) is 6.53. The molecule has 0 bridgehead atoms. The van der Waals surface area contributed by atoms with Crippen molar-refractivity contribution < 1.29 is 9.32 Å². The molecule has 0 aliphatic rings. The fourth-order valence-electron chi connectivity index (χ4n) is 2.96. The lowest BCUT2D eigenvalue weighted by Gasteiger charge is -2.23. The van der Waals surface area contributed by atoms with Gasteiger partial charge in [0.25, 0.3) is 5.91 Å². The van der Waals surface area contributed by atoms with E-state index in [4.69, 9.17) is 4.52 Å². The highest BCUT2D eigenvalue weighted by atomic mass is 16.5. The quantitative estimate of drug-likeness (QED) is 0.488. The van der Waals surface area contributed by atoms with Gasteiger partial charge in [-0.15, -0.1) is 0 Å². The van der Waals surface area contributed by atoms with Crippen molar-refractivity contribution >= 4 is 17.3 Å². The standard InChI is InChI=1S/C23H19N3O2/c1-16-8-14-21(15-9-16)26(20-6-4-3-5-7-20)23(27)19-12-10-18(11-13-19)22-24-17(2)28-25-22/h3-15H,1-2H3. The second kappa shape index (κ2) is 7.48. The number of aromatic nitrogens is 2. The van der Waals surface area contributed by atoms with Crippen LogP contribution in [0.15, 0.2) is 83.4 Å². The summed E-state index contributed by atoms with van der Waals surface area (Å²) < 4.78 is 5.02. The topological polar surface area (TPSA) is 59.2 Å². The molecule has 1 amide bonds. The van der Waals surface area contributed by atoms with Crippen LogP contribution in [0.3, 0.4) is 0 Å². The van der Waals surface area contributed by atoms with Gasteiger partial charge in [0.2, 0.25) is 11.7 Å². The van der Waals surface area contributed by atoms with E-state index in [2.05, 4.69) is 10.1 Å². The van der Waals surface area contributed by atoms with Gasteiger partial charge in [-0.25, -0.2) is 0 Å². The predicted octanol–water partition coefficient (Wildman–Crippen LogP) is 5.33. The van der Waals surface area contributed by atoms with E-state index in [9.17, 15) is 4.79 Å². The maximum atomic E-state index is 13.4. The van der Waals surface area contributed by atoms with Crippen molar-refractivity contribution in [3.63, 3.8) is 0 Å². The van der Waals surface area contributed by atoms with Crippen molar-refractivity contribution in [2.45, 2.75) is 13.8 Å². The summed E-state index contributed by atoms with van der Waals surface area (Å²) in [5, 5.41) is 3.92. The largest absolute Gasteiger partial charge is 0.339 e. The van der Waals surface area contributed by atoms with Crippen LogP contribution in [0.25, 0.3) is 11.4 Å². The van der Waals surface area contributed by atoms with Gasteiger partial charge in [0.1, 0.15) is 0 Å². The van der Waals surface area contributed by atoms with E-state index >= 15 is 0 Å². The zero-order valence-corrected chi connectivity index (χ0v) is 15.7. The van der Waals surface area contributed by atoms with E-state index < -0.39 is 0 Å². The lowest BCUT2D eigenvalue weighted by Crippen LogP contribution is -2.25. The van der Waals surface area contributed by atoms with Crippen LogP contribution in [-0.4, -0.2) is 16.0 Å². The summed E-state index contributed by atoms with van der Waals surface area (Å²) in [5.74, 6) is 0.908. The lowest BCUT2D eigenvalue weighted by molar-refractivity contribution is 0.0999. The number of hydrogen-bond acceptors (Lipinski definition) is 4. The van der Waals surface area contributed by atoms with E-state index in [1.165, 1.54) is 0 Å². The van der Waals surface area contributed by atoms with Gasteiger partial charge in [0.15, 0.2) is 0 Å². The van der Waals surface area contributed by atoms with Gasteiger partial charge < -0.3 is 4.52 Å². The average molecular weight is 369 g/mol. The Morgan fingerprint density at radius 1 is 0.821 bits per heavy atom. The summed E-state index contributed by atoms with van der Waals surface area (Å²) in [7, 11) is 0. The van der Waals surface area contributed by atoms with Gasteiger partial charge in [0.05, 0.1) is 0 Å². The molecule has 0 unspecified atom stereocenters. The maximum absolute atomic E-state index is 13.4.